The SMILES string of the molecule is [BH2][Sb]([CH2]C)[CH2]C. The van der Waals surface area contributed by atoms with Gasteiger partial charge < -0.3 is 0 Å². The van der Waals surface area contributed by atoms with Crippen LogP contribution in [0.4, 0.5) is 0 Å². The predicted molar refractivity (Wildman–Crippen MR) is 35.3 cm³/mol. The Morgan fingerprint density at radius 1 is 1.33 bits per heavy atom. The van der Waals surface area contributed by atoms with Crippen LogP contribution in [0.3, 0.4) is 0 Å². The summed E-state index contributed by atoms with van der Waals surface area (Å²) in [5.41, 5.74) is 2.46. The summed E-state index contributed by atoms with van der Waals surface area (Å²) in [5.74, 6) is 0. The monoisotopic (exact) mass is 192 g/mol. The molecular formula is C4H12BSb. The molecule has 0 aliphatic carbocycles. The molecule has 36 valence electrons. The van der Waals surface area contributed by atoms with Crippen LogP contribution in [0.15, 0.2) is 0 Å². The van der Waals surface area contributed by atoms with E-state index in [1.165, 1.54) is 8.73 Å². The van der Waals surface area contributed by atoms with Gasteiger partial charge in [0.15, 0.2) is 0 Å². The standard InChI is InChI=1S/2C2H5.BH2.Sb/c2*1-2;;/h2*1H2,2H3;1H2;/q;;+1;-1. The van der Waals surface area contributed by atoms with Crippen LogP contribution < -0.4 is 0 Å². The second-order valence-electron chi connectivity index (χ2n) is 1.49. The topological polar surface area (TPSA) is 0 Å². The van der Waals surface area contributed by atoms with Gasteiger partial charge in [0.2, 0.25) is 0 Å². The van der Waals surface area contributed by atoms with Crippen LogP contribution in [0.1, 0.15) is 13.8 Å². The van der Waals surface area contributed by atoms with Gasteiger partial charge in [-0.1, -0.05) is 0 Å². The van der Waals surface area contributed by atoms with Gasteiger partial charge in [0.25, 0.3) is 0 Å². The maximum atomic E-state index is 2.46. The van der Waals surface area contributed by atoms with Crippen molar-refractivity contribution in [1.29, 1.82) is 0 Å². The molecule has 0 aromatic carbocycles. The fourth-order valence-electron chi connectivity index (χ4n) is 0.224. The van der Waals surface area contributed by atoms with Gasteiger partial charge in [-0.3, -0.25) is 0 Å². The second-order valence-corrected chi connectivity index (χ2v) is 9.99. The average molecular weight is 193 g/mol. The Labute approximate surface area is 48.4 Å². The van der Waals surface area contributed by atoms with E-state index >= 15 is 0 Å². The first-order chi connectivity index (χ1) is 2.81. The van der Waals surface area contributed by atoms with Crippen molar-refractivity contribution in [3.05, 3.63) is 0 Å². The van der Waals surface area contributed by atoms with E-state index in [4.69, 9.17) is 0 Å². The molecule has 0 fully saturated rings. The molecular weight excluding hydrogens is 181 g/mol. The molecule has 2 heteroatoms. The van der Waals surface area contributed by atoms with E-state index < -0.39 is 20.0 Å². The molecule has 0 aromatic heterocycles. The first-order valence-electron chi connectivity index (χ1n) is 2.49. The zero-order valence-electron chi connectivity index (χ0n) is 4.86. The van der Waals surface area contributed by atoms with Gasteiger partial charge in [0, 0.05) is 0 Å². The molecule has 0 saturated heterocycles. The van der Waals surface area contributed by atoms with Crippen LogP contribution in [0.5, 0.6) is 0 Å². The van der Waals surface area contributed by atoms with Crippen molar-refractivity contribution in [2.75, 3.05) is 0 Å². The van der Waals surface area contributed by atoms with Crippen LogP contribution in [0.25, 0.3) is 0 Å². The fourth-order valence-corrected chi connectivity index (χ4v) is 1.50. The van der Waals surface area contributed by atoms with E-state index in [1.54, 1.807) is 0 Å². The molecule has 0 saturated carbocycles. The molecule has 0 aliphatic rings. The van der Waals surface area contributed by atoms with Crippen molar-refractivity contribution in [2.24, 2.45) is 0 Å². The van der Waals surface area contributed by atoms with Gasteiger partial charge in [-0.05, 0) is 0 Å². The molecule has 0 aromatic rings. The Morgan fingerprint density at radius 3 is 1.67 bits per heavy atom. The quantitative estimate of drug-likeness (QED) is 0.564. The normalized spacial score (nSPS) is 9.83. The number of hydrogen-bond acceptors (Lipinski definition) is 0. The van der Waals surface area contributed by atoms with Gasteiger partial charge in [-0.2, -0.15) is 0 Å². The van der Waals surface area contributed by atoms with Crippen molar-refractivity contribution in [3.8, 4) is 0 Å². The van der Waals surface area contributed by atoms with Crippen molar-refractivity contribution in [3.63, 3.8) is 0 Å². The third-order valence-electron chi connectivity index (χ3n) is 1.08. The van der Waals surface area contributed by atoms with E-state index in [9.17, 15) is 0 Å². The first kappa shape index (κ1) is 6.88. The summed E-state index contributed by atoms with van der Waals surface area (Å²) < 4.78 is 3.03. The Kier molecular flexibility index (Phi) is 4.65. The minimum absolute atomic E-state index is 0.511. The van der Waals surface area contributed by atoms with Gasteiger partial charge in [0.1, 0.15) is 0 Å². The van der Waals surface area contributed by atoms with Crippen molar-refractivity contribution >= 4 is 25.6 Å². The fraction of sp³-hybridized carbons (Fsp3) is 1.00. The summed E-state index contributed by atoms with van der Waals surface area (Å²) in [7, 11) is 0. The second kappa shape index (κ2) is 4.05. The third kappa shape index (κ3) is 3.09. The van der Waals surface area contributed by atoms with Crippen LogP contribution in [-0.2, 0) is 0 Å². The van der Waals surface area contributed by atoms with E-state index in [-0.39, 0.29) is 0 Å². The molecule has 0 aliphatic heterocycles. The zero-order valence-corrected chi connectivity index (χ0v) is 7.41. The molecule has 0 rings (SSSR count). The molecule has 0 heterocycles. The minimum atomic E-state index is -0.511. The van der Waals surface area contributed by atoms with Gasteiger partial charge >= 0.3 is 48.2 Å². The zero-order chi connectivity index (χ0) is 4.99. The molecule has 6 heavy (non-hydrogen) atoms. The van der Waals surface area contributed by atoms with Crippen molar-refractivity contribution in [2.45, 2.75) is 22.6 Å². The van der Waals surface area contributed by atoms with E-state index in [0.29, 0.717) is 0 Å². The molecule has 0 spiro atoms. The Hall–Kier alpha value is 0.883. The van der Waals surface area contributed by atoms with Crippen molar-refractivity contribution in [1.82, 2.24) is 0 Å². The molecule has 0 atom stereocenters. The Bertz CT molecular complexity index is 26.7. The number of hydrogen-bond donors (Lipinski definition) is 0. The average Bonchev–Trinajstić information content (AvgIpc) is 1.65. The van der Waals surface area contributed by atoms with Crippen LogP contribution >= 0.6 is 0 Å². The van der Waals surface area contributed by atoms with E-state index in [0.717, 1.165) is 0 Å². The summed E-state index contributed by atoms with van der Waals surface area (Å²) in [4.78, 5) is 0. The molecule has 0 nitrogen and oxygen atoms in total. The van der Waals surface area contributed by atoms with Crippen molar-refractivity contribution < 1.29 is 0 Å². The third-order valence-corrected chi connectivity index (χ3v) is 7.24. The number of rotatable bonds is 2. The van der Waals surface area contributed by atoms with Crippen LogP contribution in [0.2, 0.25) is 8.73 Å². The van der Waals surface area contributed by atoms with E-state index in [2.05, 4.69) is 19.5 Å². The summed E-state index contributed by atoms with van der Waals surface area (Å²) >= 11 is -0.511. The van der Waals surface area contributed by atoms with Crippen LogP contribution in [0, 0.1) is 0 Å². The van der Waals surface area contributed by atoms with Crippen LogP contribution in [-0.4, -0.2) is 25.6 Å². The molecule has 0 N–H and O–H groups in total. The molecule has 0 radical (unpaired) electrons. The summed E-state index contributed by atoms with van der Waals surface area (Å²) in [5, 5.41) is 0. The maximum absolute atomic E-state index is 2.46. The Morgan fingerprint density at radius 2 is 1.67 bits per heavy atom. The van der Waals surface area contributed by atoms with Gasteiger partial charge in [-0.15, -0.1) is 0 Å². The summed E-state index contributed by atoms with van der Waals surface area (Å²) in [6.07, 6.45) is 0. The van der Waals surface area contributed by atoms with E-state index in [1.807, 2.05) is 0 Å². The first-order valence-corrected chi connectivity index (χ1v) is 8.66. The van der Waals surface area contributed by atoms with Gasteiger partial charge in [-0.25, -0.2) is 0 Å². The Balaban J connectivity index is 2.75. The molecule has 0 amide bonds. The molecule has 0 unspecified atom stereocenters. The summed E-state index contributed by atoms with van der Waals surface area (Å²) in [6.45, 7) is 4.62. The summed E-state index contributed by atoms with van der Waals surface area (Å²) in [6, 6.07) is 0. The van der Waals surface area contributed by atoms with Gasteiger partial charge in [0.05, 0.1) is 0 Å². The molecule has 0 bridgehead atoms. The predicted octanol–water partition coefficient (Wildman–Crippen LogP) is 0.651.